The van der Waals surface area contributed by atoms with Crippen molar-refractivity contribution in [3.05, 3.63) is 89.0 Å². The lowest BCUT2D eigenvalue weighted by Gasteiger charge is -2.30. The van der Waals surface area contributed by atoms with Crippen molar-refractivity contribution >= 4 is 33.1 Å². The van der Waals surface area contributed by atoms with E-state index < -0.39 is 5.91 Å². The van der Waals surface area contributed by atoms with Crippen LogP contribution in [0.15, 0.2) is 76.8 Å². The van der Waals surface area contributed by atoms with Crippen molar-refractivity contribution in [3.63, 3.8) is 0 Å². The molecule has 0 N–H and O–H groups in total. The molecule has 9 heteroatoms. The number of hydrogen-bond donors (Lipinski definition) is 0. The second-order valence-corrected chi connectivity index (χ2v) is 15.5. The maximum absolute atomic E-state index is 13.8. The fraction of sp³-hybridized carbons (Fsp3) is 0.488. The van der Waals surface area contributed by atoms with E-state index in [-0.39, 0.29) is 11.5 Å². The van der Waals surface area contributed by atoms with E-state index in [4.69, 9.17) is 15.0 Å². The minimum absolute atomic E-state index is 0.0761. The van der Waals surface area contributed by atoms with Crippen LogP contribution in [0.5, 0.6) is 0 Å². The molecule has 2 aromatic carbocycles. The van der Waals surface area contributed by atoms with Crippen LogP contribution in [0.1, 0.15) is 121 Å². The molecule has 0 fully saturated rings. The Hall–Kier alpha value is -4.42. The highest BCUT2D eigenvalue weighted by molar-refractivity contribution is 7.19. The summed E-state index contributed by atoms with van der Waals surface area (Å²) in [4.78, 5) is 32.0. The number of allylic oxidation sites excluding steroid dienone is 2. The first-order valence-corrected chi connectivity index (χ1v) is 20.2. The fourth-order valence-electron chi connectivity index (χ4n) is 6.92. The minimum atomic E-state index is -0.450. The van der Waals surface area contributed by atoms with Crippen molar-refractivity contribution < 1.29 is 4.79 Å². The molecule has 4 aromatic rings. The maximum Gasteiger partial charge on any atom is 0.291 e. The van der Waals surface area contributed by atoms with Crippen LogP contribution < -0.4 is 4.90 Å². The van der Waals surface area contributed by atoms with Gasteiger partial charge in [0.2, 0.25) is 0 Å². The number of carbonyl (C=O) groups is 1. The number of benzene rings is 2. The van der Waals surface area contributed by atoms with Crippen LogP contribution in [0.2, 0.25) is 0 Å². The summed E-state index contributed by atoms with van der Waals surface area (Å²) >= 11 is 1.60. The third kappa shape index (κ3) is 9.51. The van der Waals surface area contributed by atoms with Gasteiger partial charge in [-0.1, -0.05) is 152 Å². The van der Waals surface area contributed by atoms with Crippen molar-refractivity contribution in [2.75, 3.05) is 18.0 Å². The van der Waals surface area contributed by atoms with Crippen LogP contribution in [0.25, 0.3) is 11.3 Å². The molecule has 0 saturated carbocycles. The van der Waals surface area contributed by atoms with Crippen LogP contribution in [0.3, 0.4) is 0 Å². The van der Waals surface area contributed by atoms with Crippen LogP contribution in [-0.2, 0) is 6.42 Å². The summed E-state index contributed by atoms with van der Waals surface area (Å²) in [5.74, 6) is 1.78. The summed E-state index contributed by atoms with van der Waals surface area (Å²) in [6.45, 7) is 15.3. The Kier molecular flexibility index (Phi) is 14.1. The lowest BCUT2D eigenvalue weighted by atomic mass is 9.91. The van der Waals surface area contributed by atoms with Crippen LogP contribution in [-0.4, -0.2) is 44.5 Å². The lowest BCUT2D eigenvalue weighted by Crippen LogP contribution is -2.34. The zero-order chi connectivity index (χ0) is 37.0. The molecule has 8 nitrogen and oxygen atoms in total. The molecular weight excluding hydrogens is 663 g/mol. The van der Waals surface area contributed by atoms with Crippen LogP contribution in [0, 0.1) is 29.1 Å². The highest BCUT2D eigenvalue weighted by atomic mass is 32.1. The first-order chi connectivity index (χ1) is 25.3. The number of anilines is 1. The standard InChI is InChI=1S/C43H55N7OS/c1-7-11-19-31(9-3)28-49(29-32(10-4)20-12-8-2)43-47-38(34-23-17-14-18-24-34)41(52-43)46-39-35(25-30(5)6)36(27-44)42(51)50-40(39)45-37(48-50)26-33-21-15-13-16-22-33/h13-18,21-24,30-32H,7-12,19-20,25-26,28-29H2,1-6H3/b46-39-. The van der Waals surface area contributed by atoms with Gasteiger partial charge in [0.1, 0.15) is 28.0 Å². The van der Waals surface area contributed by atoms with Crippen molar-refractivity contribution in [2.24, 2.45) is 22.7 Å². The molecule has 274 valence electrons. The number of nitriles is 1. The van der Waals surface area contributed by atoms with Crippen LogP contribution >= 0.6 is 11.3 Å². The molecule has 0 amide bonds. The van der Waals surface area contributed by atoms with Gasteiger partial charge in [-0.2, -0.15) is 9.94 Å². The SMILES string of the molecule is CCCCC(CC)CN(CC(CC)CCCC)c1nc(-c2ccccc2)c(/N=C2/C(CC(C)C)=C(C#N)C(=O)n3nc(Cc4ccccc4)nc32)s1. The molecule has 52 heavy (non-hydrogen) atoms. The number of carbonyl (C=O) groups excluding carboxylic acids is 1. The minimum Gasteiger partial charge on any atom is -0.347 e. The quantitative estimate of drug-likeness (QED) is 0.0957. The Labute approximate surface area is 314 Å². The summed E-state index contributed by atoms with van der Waals surface area (Å²) in [6.07, 6.45) is 10.5. The van der Waals surface area contributed by atoms with Crippen molar-refractivity contribution in [3.8, 4) is 17.3 Å². The van der Waals surface area contributed by atoms with Gasteiger partial charge >= 0.3 is 0 Å². The second kappa shape index (κ2) is 18.9. The molecule has 0 bridgehead atoms. The Morgan fingerprint density at radius 2 is 1.50 bits per heavy atom. The van der Waals surface area contributed by atoms with E-state index in [1.807, 2.05) is 48.5 Å². The first-order valence-electron chi connectivity index (χ1n) is 19.4. The van der Waals surface area contributed by atoms with E-state index in [9.17, 15) is 10.1 Å². The molecule has 2 atom stereocenters. The van der Waals surface area contributed by atoms with Gasteiger partial charge in [-0.25, -0.2) is 15.0 Å². The van der Waals surface area contributed by atoms with Crippen molar-refractivity contribution in [1.82, 2.24) is 19.7 Å². The van der Waals surface area contributed by atoms with Gasteiger partial charge in [0, 0.05) is 30.6 Å². The topological polar surface area (TPSA) is 100 Å². The average Bonchev–Trinajstić information content (AvgIpc) is 3.78. The summed E-state index contributed by atoms with van der Waals surface area (Å²) in [5.41, 5.74) is 4.05. The number of fused-ring (bicyclic) bond motifs is 1. The summed E-state index contributed by atoms with van der Waals surface area (Å²) < 4.78 is 1.29. The smallest absolute Gasteiger partial charge is 0.291 e. The van der Waals surface area contributed by atoms with Gasteiger partial charge in [-0.05, 0) is 42.6 Å². The summed E-state index contributed by atoms with van der Waals surface area (Å²) in [6, 6.07) is 22.4. The van der Waals surface area contributed by atoms with E-state index in [2.05, 4.69) is 69.7 Å². The monoisotopic (exact) mass is 717 g/mol. The molecule has 0 spiro atoms. The Morgan fingerprint density at radius 3 is 2.06 bits per heavy atom. The summed E-state index contributed by atoms with van der Waals surface area (Å²) in [7, 11) is 0. The number of unbranched alkanes of at least 4 members (excludes halogenated alkanes) is 2. The molecule has 0 saturated heterocycles. The molecule has 0 aliphatic carbocycles. The highest BCUT2D eigenvalue weighted by Crippen LogP contribution is 2.42. The molecular formula is C43H55N7OS. The third-order valence-electron chi connectivity index (χ3n) is 9.96. The number of nitrogens with zero attached hydrogens (tertiary/aromatic N) is 7. The van der Waals surface area contributed by atoms with E-state index in [1.165, 1.54) is 43.2 Å². The zero-order valence-corrected chi connectivity index (χ0v) is 32.8. The van der Waals surface area contributed by atoms with Gasteiger partial charge in [0.25, 0.3) is 5.91 Å². The third-order valence-corrected chi connectivity index (χ3v) is 11.0. The van der Waals surface area contributed by atoms with Crippen molar-refractivity contribution in [1.29, 1.82) is 5.26 Å². The Bertz CT molecular complexity index is 1850. The first kappa shape index (κ1) is 38.8. The van der Waals surface area contributed by atoms with Crippen molar-refractivity contribution in [2.45, 2.75) is 106 Å². The molecule has 1 aliphatic rings. The molecule has 2 aromatic heterocycles. The maximum atomic E-state index is 13.8. The van der Waals surface area contributed by atoms with Gasteiger partial charge in [-0.15, -0.1) is 5.10 Å². The molecule has 2 unspecified atom stereocenters. The normalized spacial score (nSPS) is 14.9. The number of aliphatic imine (C=N–C) groups is 1. The van der Waals surface area contributed by atoms with E-state index >= 15 is 0 Å². The van der Waals surface area contributed by atoms with Gasteiger partial charge in [-0.3, -0.25) is 4.79 Å². The molecule has 1 aliphatic heterocycles. The predicted octanol–water partition coefficient (Wildman–Crippen LogP) is 10.9. The zero-order valence-electron chi connectivity index (χ0n) is 31.9. The van der Waals surface area contributed by atoms with E-state index in [0.29, 0.717) is 47.6 Å². The largest absolute Gasteiger partial charge is 0.347 e. The van der Waals surface area contributed by atoms with Gasteiger partial charge in [0.05, 0.1) is 0 Å². The summed E-state index contributed by atoms with van der Waals surface area (Å²) in [5, 5.41) is 16.7. The highest BCUT2D eigenvalue weighted by Gasteiger charge is 2.35. The molecule has 0 radical (unpaired) electrons. The second-order valence-electron chi connectivity index (χ2n) is 14.5. The molecule has 3 heterocycles. The lowest BCUT2D eigenvalue weighted by molar-refractivity contribution is 0.0941. The van der Waals surface area contributed by atoms with Gasteiger partial charge < -0.3 is 4.90 Å². The Balaban J connectivity index is 1.68. The number of rotatable bonds is 19. The molecule has 5 rings (SSSR count). The number of thiazole rings is 1. The number of hydrogen-bond acceptors (Lipinski definition) is 8. The number of aromatic nitrogens is 4. The van der Waals surface area contributed by atoms with E-state index in [0.717, 1.165) is 52.9 Å². The fourth-order valence-corrected chi connectivity index (χ4v) is 7.90. The Morgan fingerprint density at radius 1 is 0.885 bits per heavy atom. The average molecular weight is 718 g/mol. The predicted molar refractivity (Wildman–Crippen MR) is 215 cm³/mol. The van der Waals surface area contributed by atoms with Gasteiger partial charge in [0.15, 0.2) is 16.8 Å². The van der Waals surface area contributed by atoms with E-state index in [1.54, 1.807) is 11.3 Å². The van der Waals surface area contributed by atoms with Crippen LogP contribution in [0.4, 0.5) is 10.1 Å².